The van der Waals surface area contributed by atoms with E-state index >= 15 is 0 Å². The van der Waals surface area contributed by atoms with Crippen LogP contribution in [0.2, 0.25) is 0 Å². The van der Waals surface area contributed by atoms with Crippen LogP contribution in [0.15, 0.2) is 35.7 Å². The lowest BCUT2D eigenvalue weighted by Crippen LogP contribution is -2.00. The van der Waals surface area contributed by atoms with Crippen LogP contribution in [-0.2, 0) is 15.6 Å². The number of imidazole rings is 1. The highest BCUT2D eigenvalue weighted by Gasteiger charge is 2.14. The van der Waals surface area contributed by atoms with E-state index in [1.54, 1.807) is 0 Å². The molecule has 0 bridgehead atoms. The molecule has 8 heteroatoms. The number of nitrogens with zero attached hydrogens (tertiary/aromatic N) is 2. The van der Waals surface area contributed by atoms with Gasteiger partial charge in [0.2, 0.25) is 0 Å². The minimum Gasteiger partial charge on any atom is -0.332 e. The topological polar surface area (TPSA) is 52.0 Å². The van der Waals surface area contributed by atoms with Gasteiger partial charge in [0.15, 0.2) is 5.03 Å². The highest BCUT2D eigenvalue weighted by atomic mass is 35.7. The molecule has 96 valence electrons. The summed E-state index contributed by atoms with van der Waals surface area (Å²) in [5.74, 6) is -1.38. The average Bonchev–Trinajstić information content (AvgIpc) is 2.70. The molecular weight excluding hydrogens is 286 g/mol. The average molecular weight is 293 g/mol. The highest BCUT2D eigenvalue weighted by molar-refractivity contribution is 8.13. The first kappa shape index (κ1) is 13.0. The van der Waals surface area contributed by atoms with Crippen molar-refractivity contribution >= 4 is 19.7 Å². The molecule has 1 aromatic heterocycles. The maximum atomic E-state index is 13.4. The monoisotopic (exact) mass is 292 g/mol. The predicted octanol–water partition coefficient (Wildman–Crippen LogP) is 2.14. The first-order valence-electron chi connectivity index (χ1n) is 4.76. The van der Waals surface area contributed by atoms with E-state index in [4.69, 9.17) is 10.7 Å². The molecule has 0 fully saturated rings. The Morgan fingerprint density at radius 1 is 1.33 bits per heavy atom. The van der Waals surface area contributed by atoms with Gasteiger partial charge in [-0.05, 0) is 6.07 Å². The Hall–Kier alpha value is -1.47. The second kappa shape index (κ2) is 4.66. The number of aromatic nitrogens is 2. The van der Waals surface area contributed by atoms with Crippen molar-refractivity contribution in [1.29, 1.82) is 0 Å². The predicted molar refractivity (Wildman–Crippen MR) is 60.7 cm³/mol. The van der Waals surface area contributed by atoms with Crippen LogP contribution in [0, 0.1) is 11.6 Å². The largest absolute Gasteiger partial charge is 0.332 e. The first-order valence-corrected chi connectivity index (χ1v) is 7.07. The maximum Gasteiger partial charge on any atom is 0.280 e. The van der Waals surface area contributed by atoms with Gasteiger partial charge in [-0.3, -0.25) is 0 Å². The molecule has 0 aliphatic rings. The Bertz CT molecular complexity index is 685. The third-order valence-corrected chi connectivity index (χ3v) is 3.41. The van der Waals surface area contributed by atoms with Gasteiger partial charge < -0.3 is 4.57 Å². The van der Waals surface area contributed by atoms with Crippen LogP contribution in [0.3, 0.4) is 0 Å². The van der Waals surface area contributed by atoms with E-state index in [0.717, 1.165) is 12.1 Å². The van der Waals surface area contributed by atoms with Gasteiger partial charge in [0.05, 0.1) is 12.9 Å². The van der Waals surface area contributed by atoms with Crippen LogP contribution in [0.4, 0.5) is 8.78 Å². The van der Waals surface area contributed by atoms with Gasteiger partial charge in [-0.15, -0.1) is 0 Å². The summed E-state index contributed by atoms with van der Waals surface area (Å²) in [5.41, 5.74) is 0.215. The van der Waals surface area contributed by atoms with E-state index < -0.39 is 20.7 Å². The zero-order valence-corrected chi connectivity index (χ0v) is 10.4. The summed E-state index contributed by atoms with van der Waals surface area (Å²) >= 11 is 0. The Kier molecular flexibility index (Phi) is 3.36. The third kappa shape index (κ3) is 2.85. The second-order valence-corrected chi connectivity index (χ2v) is 6.07. The molecule has 1 heterocycles. The molecule has 0 unspecified atom stereocenters. The summed E-state index contributed by atoms with van der Waals surface area (Å²) in [4.78, 5) is 3.58. The molecule has 2 rings (SSSR count). The molecule has 0 amide bonds. The number of hydrogen-bond donors (Lipinski definition) is 0. The molecule has 0 aliphatic heterocycles. The summed E-state index contributed by atoms with van der Waals surface area (Å²) in [6.45, 7) is 0.0333. The Morgan fingerprint density at radius 2 is 2.06 bits per heavy atom. The Balaban J connectivity index is 2.27. The van der Waals surface area contributed by atoms with Crippen LogP contribution in [-0.4, -0.2) is 18.0 Å². The lowest BCUT2D eigenvalue weighted by Gasteiger charge is -2.03. The molecule has 1 aromatic carbocycles. The summed E-state index contributed by atoms with van der Waals surface area (Å²) < 4.78 is 49.3. The lowest BCUT2D eigenvalue weighted by molar-refractivity contribution is 0.566. The molecule has 18 heavy (non-hydrogen) atoms. The third-order valence-electron chi connectivity index (χ3n) is 2.23. The number of hydrogen-bond acceptors (Lipinski definition) is 3. The smallest absolute Gasteiger partial charge is 0.280 e. The molecule has 0 radical (unpaired) electrons. The van der Waals surface area contributed by atoms with Crippen molar-refractivity contribution in [1.82, 2.24) is 9.55 Å². The number of benzene rings is 1. The van der Waals surface area contributed by atoms with Gasteiger partial charge in [-0.2, -0.15) is 0 Å². The molecule has 0 saturated carbocycles. The van der Waals surface area contributed by atoms with Crippen molar-refractivity contribution in [2.75, 3.05) is 0 Å². The summed E-state index contributed by atoms with van der Waals surface area (Å²) in [7, 11) is 1.20. The van der Waals surface area contributed by atoms with E-state index in [1.165, 1.54) is 23.2 Å². The summed E-state index contributed by atoms with van der Waals surface area (Å²) in [6, 6.07) is 3.15. The van der Waals surface area contributed by atoms with E-state index in [9.17, 15) is 17.2 Å². The molecule has 2 aromatic rings. The van der Waals surface area contributed by atoms with E-state index in [2.05, 4.69) is 4.98 Å². The van der Waals surface area contributed by atoms with Crippen molar-refractivity contribution in [3.8, 4) is 0 Å². The Labute approximate surface area is 106 Å². The van der Waals surface area contributed by atoms with Crippen LogP contribution in [0.1, 0.15) is 5.56 Å². The normalized spacial score (nSPS) is 11.7. The van der Waals surface area contributed by atoms with Crippen LogP contribution in [0.25, 0.3) is 0 Å². The molecule has 0 N–H and O–H groups in total. The van der Waals surface area contributed by atoms with Gasteiger partial charge in [0, 0.05) is 28.5 Å². The highest BCUT2D eigenvalue weighted by Crippen LogP contribution is 2.14. The van der Waals surface area contributed by atoms with Crippen molar-refractivity contribution in [3.63, 3.8) is 0 Å². The zero-order valence-electron chi connectivity index (χ0n) is 8.85. The molecular formula is C10H7ClF2N2O2S. The lowest BCUT2D eigenvalue weighted by atomic mass is 10.2. The quantitative estimate of drug-likeness (QED) is 0.815. The molecule has 0 aliphatic carbocycles. The molecule has 0 atom stereocenters. The number of halogens is 3. The van der Waals surface area contributed by atoms with Crippen LogP contribution in [0.5, 0.6) is 0 Å². The molecule has 4 nitrogen and oxygen atoms in total. The van der Waals surface area contributed by atoms with Crippen molar-refractivity contribution in [2.24, 2.45) is 0 Å². The van der Waals surface area contributed by atoms with E-state index in [0.29, 0.717) is 0 Å². The first-order chi connectivity index (χ1) is 8.36. The minimum atomic E-state index is -3.90. The van der Waals surface area contributed by atoms with Crippen molar-refractivity contribution in [3.05, 3.63) is 47.9 Å². The van der Waals surface area contributed by atoms with Gasteiger partial charge in [-0.1, -0.05) is 6.07 Å². The van der Waals surface area contributed by atoms with Gasteiger partial charge in [-0.25, -0.2) is 22.2 Å². The molecule has 0 saturated heterocycles. The van der Waals surface area contributed by atoms with Crippen LogP contribution >= 0.6 is 10.7 Å². The molecule has 0 spiro atoms. The Morgan fingerprint density at radius 3 is 2.61 bits per heavy atom. The van der Waals surface area contributed by atoms with Gasteiger partial charge >= 0.3 is 0 Å². The zero-order chi connectivity index (χ0) is 13.3. The second-order valence-electron chi connectivity index (χ2n) is 3.56. The van der Waals surface area contributed by atoms with Crippen molar-refractivity contribution in [2.45, 2.75) is 11.6 Å². The summed E-state index contributed by atoms with van der Waals surface area (Å²) in [6.07, 6.45) is 2.38. The SMILES string of the molecule is O=S(=O)(Cl)c1cn(Cc2ccc(F)cc2F)cn1. The maximum absolute atomic E-state index is 13.4. The fourth-order valence-electron chi connectivity index (χ4n) is 1.40. The van der Waals surface area contributed by atoms with E-state index in [-0.39, 0.29) is 17.1 Å². The van der Waals surface area contributed by atoms with Gasteiger partial charge in [0.25, 0.3) is 9.05 Å². The van der Waals surface area contributed by atoms with E-state index in [1.807, 2.05) is 0 Å². The fraction of sp³-hybridized carbons (Fsp3) is 0.100. The standard InChI is InChI=1S/C10H7ClF2N2O2S/c11-18(16,17)10-5-15(6-14-10)4-7-1-2-8(12)3-9(7)13/h1-3,5-6H,4H2. The van der Waals surface area contributed by atoms with Crippen LogP contribution < -0.4 is 0 Å². The van der Waals surface area contributed by atoms with Crippen molar-refractivity contribution < 1.29 is 17.2 Å². The summed E-state index contributed by atoms with van der Waals surface area (Å²) in [5, 5.41) is -0.313. The fourth-order valence-corrected chi connectivity index (χ4v) is 2.07. The minimum absolute atomic E-state index is 0.0333. The van der Waals surface area contributed by atoms with Gasteiger partial charge in [0.1, 0.15) is 11.6 Å². The number of rotatable bonds is 3.